The highest BCUT2D eigenvalue weighted by Gasteiger charge is 2.28. The maximum atomic E-state index is 13.2. The Morgan fingerprint density at radius 2 is 2.00 bits per heavy atom. The fourth-order valence-corrected chi connectivity index (χ4v) is 4.77. The molecule has 4 aromatic rings. The van der Waals surface area contributed by atoms with E-state index in [4.69, 9.17) is 8.94 Å². The van der Waals surface area contributed by atoms with Crippen LogP contribution in [0.15, 0.2) is 80.3 Å². The third kappa shape index (κ3) is 6.33. The van der Waals surface area contributed by atoms with Crippen molar-refractivity contribution in [2.24, 2.45) is 5.92 Å². The van der Waals surface area contributed by atoms with Crippen LogP contribution in [0.1, 0.15) is 34.9 Å². The Hall–Kier alpha value is -3.76. The first-order valence-corrected chi connectivity index (χ1v) is 12.9. The second-order valence-corrected chi connectivity index (χ2v) is 9.81. The minimum atomic E-state index is -0.282. The summed E-state index contributed by atoms with van der Waals surface area (Å²) in [6, 6.07) is 18.3. The predicted molar refractivity (Wildman–Crippen MR) is 140 cm³/mol. The molecular formula is C27H26BrN5O4. The van der Waals surface area contributed by atoms with Crippen molar-refractivity contribution in [1.82, 2.24) is 20.4 Å². The van der Waals surface area contributed by atoms with Gasteiger partial charge in [0.1, 0.15) is 5.76 Å². The van der Waals surface area contributed by atoms with Crippen molar-refractivity contribution in [2.75, 3.05) is 18.4 Å². The Labute approximate surface area is 222 Å². The topological polar surface area (TPSA) is 114 Å². The lowest BCUT2D eigenvalue weighted by Crippen LogP contribution is -2.40. The van der Waals surface area contributed by atoms with Gasteiger partial charge in [-0.2, -0.15) is 4.98 Å². The number of halogens is 1. The molecule has 0 spiro atoms. The lowest BCUT2D eigenvalue weighted by Gasteiger charge is -2.31. The van der Waals surface area contributed by atoms with E-state index in [0.29, 0.717) is 41.8 Å². The van der Waals surface area contributed by atoms with Gasteiger partial charge >= 0.3 is 0 Å². The number of piperidine rings is 1. The van der Waals surface area contributed by atoms with Crippen LogP contribution >= 0.6 is 15.9 Å². The average Bonchev–Trinajstić information content (AvgIpc) is 3.60. The van der Waals surface area contributed by atoms with Gasteiger partial charge in [0.2, 0.25) is 17.6 Å². The number of benzene rings is 2. The van der Waals surface area contributed by atoms with Crippen molar-refractivity contribution in [3.63, 3.8) is 0 Å². The SMILES string of the molecule is O=C(NCc1ccco1)c1ccccc1NC(=O)C1CCCN(Cc2nc(-c3cccc(Br)c3)no2)C1. The molecule has 2 aromatic carbocycles. The predicted octanol–water partition coefficient (Wildman–Crippen LogP) is 4.87. The molecular weight excluding hydrogens is 538 g/mol. The van der Waals surface area contributed by atoms with Crippen LogP contribution in [0.5, 0.6) is 0 Å². The van der Waals surface area contributed by atoms with Crippen LogP contribution in [0.3, 0.4) is 0 Å². The van der Waals surface area contributed by atoms with Crippen LogP contribution in [0.25, 0.3) is 11.4 Å². The first-order chi connectivity index (χ1) is 18.0. The van der Waals surface area contributed by atoms with Crippen molar-refractivity contribution >= 4 is 33.4 Å². The molecule has 2 aromatic heterocycles. The quantitative estimate of drug-likeness (QED) is 0.314. The zero-order valence-corrected chi connectivity index (χ0v) is 21.6. The van der Waals surface area contributed by atoms with Crippen molar-refractivity contribution in [2.45, 2.75) is 25.9 Å². The Bertz CT molecular complexity index is 1370. The molecule has 2 N–H and O–H groups in total. The molecule has 1 aliphatic rings. The van der Waals surface area contributed by atoms with Crippen LogP contribution in [0.2, 0.25) is 0 Å². The fraction of sp³-hybridized carbons (Fsp3) is 0.259. The molecule has 1 atom stereocenters. The normalized spacial score (nSPS) is 15.9. The van der Waals surface area contributed by atoms with Gasteiger partial charge in [0.25, 0.3) is 5.91 Å². The summed E-state index contributed by atoms with van der Waals surface area (Å²) in [5.41, 5.74) is 1.75. The number of hydrogen-bond donors (Lipinski definition) is 2. The summed E-state index contributed by atoms with van der Waals surface area (Å²) in [5, 5.41) is 9.90. The number of likely N-dealkylation sites (tertiary alicyclic amines) is 1. The van der Waals surface area contributed by atoms with E-state index in [-0.39, 0.29) is 24.3 Å². The molecule has 0 radical (unpaired) electrons. The van der Waals surface area contributed by atoms with Crippen LogP contribution in [-0.4, -0.2) is 39.9 Å². The molecule has 2 amide bonds. The number of carbonyl (C=O) groups is 2. The molecule has 1 unspecified atom stereocenters. The maximum absolute atomic E-state index is 13.2. The van der Waals surface area contributed by atoms with Gasteiger partial charge in [-0.15, -0.1) is 0 Å². The molecule has 1 aliphatic heterocycles. The van der Waals surface area contributed by atoms with Crippen LogP contribution in [-0.2, 0) is 17.9 Å². The summed E-state index contributed by atoms with van der Waals surface area (Å²) in [6.45, 7) is 2.14. The smallest absolute Gasteiger partial charge is 0.253 e. The highest BCUT2D eigenvalue weighted by Crippen LogP contribution is 2.24. The summed E-state index contributed by atoms with van der Waals surface area (Å²) in [6.07, 6.45) is 3.20. The Balaban J connectivity index is 1.19. The van der Waals surface area contributed by atoms with Gasteiger partial charge in [0, 0.05) is 16.6 Å². The second-order valence-electron chi connectivity index (χ2n) is 8.89. The number of amides is 2. The van der Waals surface area contributed by atoms with Gasteiger partial charge < -0.3 is 19.6 Å². The summed E-state index contributed by atoms with van der Waals surface area (Å²) in [5.74, 6) is 1.08. The number of para-hydroxylation sites is 1. The van der Waals surface area contributed by atoms with Gasteiger partial charge in [-0.25, -0.2) is 0 Å². The third-order valence-corrected chi connectivity index (χ3v) is 6.71. The van der Waals surface area contributed by atoms with E-state index in [0.717, 1.165) is 29.4 Å². The number of aromatic nitrogens is 2. The van der Waals surface area contributed by atoms with Gasteiger partial charge in [-0.3, -0.25) is 14.5 Å². The molecule has 3 heterocycles. The van der Waals surface area contributed by atoms with Crippen molar-refractivity contribution in [3.8, 4) is 11.4 Å². The van der Waals surface area contributed by atoms with Gasteiger partial charge in [0.15, 0.2) is 0 Å². The standard InChI is InChI=1S/C27H26BrN5O4/c28-20-8-3-6-18(14-20)25-31-24(37-32-25)17-33-12-4-7-19(16-33)26(34)30-23-11-2-1-10-22(23)27(35)29-15-21-9-5-13-36-21/h1-3,5-6,8-11,13-14,19H,4,7,12,15-17H2,(H,29,35)(H,30,34). The Morgan fingerprint density at radius 3 is 2.84 bits per heavy atom. The number of carbonyl (C=O) groups excluding carboxylic acids is 2. The monoisotopic (exact) mass is 563 g/mol. The van der Waals surface area contributed by atoms with E-state index in [9.17, 15) is 9.59 Å². The van der Waals surface area contributed by atoms with E-state index in [1.165, 1.54) is 0 Å². The maximum Gasteiger partial charge on any atom is 0.253 e. The van der Waals surface area contributed by atoms with Crippen LogP contribution < -0.4 is 10.6 Å². The number of hydrogen-bond acceptors (Lipinski definition) is 7. The largest absolute Gasteiger partial charge is 0.467 e. The van der Waals surface area contributed by atoms with E-state index in [2.05, 4.69) is 41.6 Å². The number of anilines is 1. The average molecular weight is 564 g/mol. The highest BCUT2D eigenvalue weighted by molar-refractivity contribution is 9.10. The van der Waals surface area contributed by atoms with E-state index in [1.807, 2.05) is 24.3 Å². The van der Waals surface area contributed by atoms with Gasteiger partial charge in [0.05, 0.1) is 36.5 Å². The zero-order valence-electron chi connectivity index (χ0n) is 20.0. The summed E-state index contributed by atoms with van der Waals surface area (Å²) < 4.78 is 11.7. The molecule has 0 saturated carbocycles. The molecule has 37 heavy (non-hydrogen) atoms. The van der Waals surface area contributed by atoms with Gasteiger partial charge in [-0.1, -0.05) is 45.4 Å². The highest BCUT2D eigenvalue weighted by atomic mass is 79.9. The lowest BCUT2D eigenvalue weighted by molar-refractivity contribution is -0.121. The van der Waals surface area contributed by atoms with Crippen molar-refractivity contribution < 1.29 is 18.5 Å². The van der Waals surface area contributed by atoms with Crippen molar-refractivity contribution in [1.29, 1.82) is 0 Å². The molecule has 1 saturated heterocycles. The molecule has 0 aliphatic carbocycles. The molecule has 1 fully saturated rings. The number of furan rings is 1. The fourth-order valence-electron chi connectivity index (χ4n) is 4.37. The first kappa shape index (κ1) is 24.9. The number of nitrogens with zero attached hydrogens (tertiary/aromatic N) is 3. The van der Waals surface area contributed by atoms with Crippen LogP contribution in [0.4, 0.5) is 5.69 Å². The minimum Gasteiger partial charge on any atom is -0.467 e. The summed E-state index contributed by atoms with van der Waals surface area (Å²) >= 11 is 3.46. The first-order valence-electron chi connectivity index (χ1n) is 12.1. The zero-order chi connectivity index (χ0) is 25.6. The Morgan fingerprint density at radius 1 is 1.11 bits per heavy atom. The van der Waals surface area contributed by atoms with Crippen LogP contribution in [0, 0.1) is 5.92 Å². The second kappa shape index (κ2) is 11.5. The van der Waals surface area contributed by atoms with E-state index in [1.54, 1.807) is 42.7 Å². The van der Waals surface area contributed by atoms with Crippen molar-refractivity contribution in [3.05, 3.63) is 88.6 Å². The van der Waals surface area contributed by atoms with E-state index >= 15 is 0 Å². The molecule has 0 bridgehead atoms. The van der Waals surface area contributed by atoms with Gasteiger partial charge in [-0.05, 0) is 55.8 Å². The minimum absolute atomic E-state index is 0.115. The Kier molecular flexibility index (Phi) is 7.76. The lowest BCUT2D eigenvalue weighted by atomic mass is 9.96. The molecule has 10 heteroatoms. The summed E-state index contributed by atoms with van der Waals surface area (Å²) in [7, 11) is 0. The molecule has 5 rings (SSSR count). The molecule has 9 nitrogen and oxygen atoms in total. The summed E-state index contributed by atoms with van der Waals surface area (Å²) in [4.78, 5) is 32.6. The van der Waals surface area contributed by atoms with E-state index < -0.39 is 0 Å². The third-order valence-electron chi connectivity index (χ3n) is 6.22. The number of nitrogens with one attached hydrogen (secondary N) is 2. The molecule has 190 valence electrons. The number of rotatable bonds is 8.